The lowest BCUT2D eigenvalue weighted by molar-refractivity contribution is -0.165. The zero-order chi connectivity index (χ0) is 54.7. The number of carbonyl (C=O) groups excluding carboxylic acids is 2. The summed E-state index contributed by atoms with van der Waals surface area (Å²) in [4.78, 5) is 59.8. The van der Waals surface area contributed by atoms with Crippen LogP contribution in [0, 0.1) is 0 Å². The van der Waals surface area contributed by atoms with Gasteiger partial charge in [-0.2, -0.15) is 36.3 Å². The molecule has 0 saturated carbocycles. The van der Waals surface area contributed by atoms with Crippen molar-refractivity contribution in [1.29, 1.82) is 0 Å². The minimum Gasteiger partial charge on any atom is -0.461 e. The maximum Gasteiger partial charge on any atom is 0.416 e. The Bertz CT molecular complexity index is 3180. The Morgan fingerprint density at radius 3 is 1.62 bits per heavy atom. The van der Waals surface area contributed by atoms with Crippen LogP contribution in [0.2, 0.25) is 10.0 Å². The molecule has 19 nitrogen and oxygen atoms in total. The summed E-state index contributed by atoms with van der Waals surface area (Å²) in [5.41, 5.74) is 0.294. The second kappa shape index (κ2) is 22.9. The first-order valence-corrected chi connectivity index (χ1v) is 25.5. The number of halogens is 8. The van der Waals surface area contributed by atoms with Crippen molar-refractivity contribution in [3.63, 3.8) is 0 Å². The van der Waals surface area contributed by atoms with Gasteiger partial charge in [0.25, 0.3) is 0 Å². The fourth-order valence-corrected chi connectivity index (χ4v) is 10.2. The van der Waals surface area contributed by atoms with E-state index in [0.29, 0.717) is 75.2 Å². The summed E-state index contributed by atoms with van der Waals surface area (Å²) in [6.45, 7) is 3.47. The number of aliphatic hydroxyl groups is 1. The van der Waals surface area contributed by atoms with Gasteiger partial charge < -0.3 is 33.9 Å². The second-order valence-electron chi connectivity index (χ2n) is 18.4. The highest BCUT2D eigenvalue weighted by Gasteiger charge is 2.43. The van der Waals surface area contributed by atoms with E-state index in [2.05, 4.69) is 45.4 Å². The molecule has 1 unspecified atom stereocenters. The molecule has 2 aromatic carbocycles. The van der Waals surface area contributed by atoms with Crippen LogP contribution in [-0.2, 0) is 21.8 Å². The number of hydrogen-bond acceptors (Lipinski definition) is 15. The highest BCUT2D eigenvalue weighted by Crippen LogP contribution is 2.46. The van der Waals surface area contributed by atoms with Gasteiger partial charge in [-0.05, 0) is 80.6 Å². The highest BCUT2D eigenvalue weighted by atomic mass is 35.5. The zero-order valence-corrected chi connectivity index (χ0v) is 42.6. The first-order valence-electron chi connectivity index (χ1n) is 24.7. The number of alkyl halides is 6. The Balaban J connectivity index is 0.000000179. The van der Waals surface area contributed by atoms with Crippen LogP contribution < -0.4 is 39.7 Å². The third kappa shape index (κ3) is 12.0. The molecule has 3 fully saturated rings. The number of urea groups is 2. The SMILES string of the molecule is O=C(Nc1ccnc(OCCO)n1)N1c2nc(-c3cccc(C(F)(F)F)c3)c(Cl)cc2N2CC[C@H]1C2.O=C(Nc1ccnc(OCCOC2CCCCO2)n1)N1c2nc(-c3cccc(C(F)(F)F)c3)c(Cl)cc2N2CC[C@H]1C2. The third-order valence-electron chi connectivity index (χ3n) is 13.2. The molecule has 410 valence electrons. The van der Waals surface area contributed by atoms with Crippen molar-refractivity contribution in [3.8, 4) is 34.5 Å². The van der Waals surface area contributed by atoms with Crippen molar-refractivity contribution in [2.24, 2.45) is 0 Å². The molecule has 5 aliphatic heterocycles. The number of pyridine rings is 2. The lowest BCUT2D eigenvalue weighted by atomic mass is 10.1. The number of amides is 4. The molecule has 4 amide bonds. The highest BCUT2D eigenvalue weighted by molar-refractivity contribution is 6.34. The van der Waals surface area contributed by atoms with E-state index in [4.69, 9.17) is 47.3 Å². The molecule has 3 N–H and O–H groups in total. The second-order valence-corrected chi connectivity index (χ2v) is 19.2. The van der Waals surface area contributed by atoms with E-state index < -0.39 is 35.5 Å². The largest absolute Gasteiger partial charge is 0.461 e. The van der Waals surface area contributed by atoms with Crippen LogP contribution >= 0.6 is 23.2 Å². The summed E-state index contributed by atoms with van der Waals surface area (Å²) in [5.74, 6) is 1.00. The summed E-state index contributed by atoms with van der Waals surface area (Å²) in [6, 6.07) is 14.5. The van der Waals surface area contributed by atoms with Gasteiger partial charge in [0.1, 0.15) is 24.8 Å². The fourth-order valence-electron chi connectivity index (χ4n) is 9.65. The number of aromatic nitrogens is 6. The van der Waals surface area contributed by atoms with Crippen LogP contribution in [0.1, 0.15) is 43.2 Å². The molecule has 27 heteroatoms. The predicted molar refractivity (Wildman–Crippen MR) is 275 cm³/mol. The van der Waals surface area contributed by atoms with Gasteiger partial charge in [-0.3, -0.25) is 20.4 Å². The number of rotatable bonds is 12. The van der Waals surface area contributed by atoms with Gasteiger partial charge in [-0.1, -0.05) is 47.5 Å². The summed E-state index contributed by atoms with van der Waals surface area (Å²) >= 11 is 13.0. The zero-order valence-electron chi connectivity index (χ0n) is 41.1. The Morgan fingerprint density at radius 2 is 1.15 bits per heavy atom. The molecule has 6 aromatic rings. The van der Waals surface area contributed by atoms with Crippen LogP contribution in [0.4, 0.5) is 70.6 Å². The number of benzene rings is 2. The number of anilines is 6. The van der Waals surface area contributed by atoms with Crippen molar-refractivity contribution in [2.45, 2.75) is 62.8 Å². The molecule has 3 atom stereocenters. The molecule has 0 radical (unpaired) electrons. The lowest BCUT2D eigenvalue weighted by Crippen LogP contribution is -2.48. The minimum absolute atomic E-state index is 0.00218. The predicted octanol–water partition coefficient (Wildman–Crippen LogP) is 9.98. The van der Waals surface area contributed by atoms with Gasteiger partial charge in [0.15, 0.2) is 17.9 Å². The molecular weight excluding hydrogens is 1080 g/mol. The van der Waals surface area contributed by atoms with Gasteiger partial charge in [0.05, 0.1) is 69.2 Å². The van der Waals surface area contributed by atoms with E-state index in [1.807, 2.05) is 4.90 Å². The number of ether oxygens (including phenoxy) is 4. The van der Waals surface area contributed by atoms with Crippen LogP contribution in [0.3, 0.4) is 0 Å². The van der Waals surface area contributed by atoms with Crippen molar-refractivity contribution < 1.29 is 60.0 Å². The van der Waals surface area contributed by atoms with Crippen LogP contribution in [0.15, 0.2) is 85.2 Å². The number of carbonyl (C=O) groups is 2. The van der Waals surface area contributed by atoms with Crippen LogP contribution in [-0.4, -0.2) is 125 Å². The van der Waals surface area contributed by atoms with Crippen molar-refractivity contribution in [3.05, 3.63) is 106 Å². The Kier molecular flexibility index (Phi) is 15.9. The average Bonchev–Trinajstić information content (AvgIpc) is 4.26. The first-order chi connectivity index (χ1) is 37.5. The summed E-state index contributed by atoms with van der Waals surface area (Å²) in [7, 11) is 0. The van der Waals surface area contributed by atoms with Crippen molar-refractivity contribution in [1.82, 2.24) is 29.9 Å². The van der Waals surface area contributed by atoms with Crippen molar-refractivity contribution in [2.75, 3.05) is 89.4 Å². The summed E-state index contributed by atoms with van der Waals surface area (Å²) in [6.07, 6.45) is -2.11. The topological polar surface area (TPSA) is 206 Å². The van der Waals surface area contributed by atoms with Gasteiger partial charge in [0, 0.05) is 56.3 Å². The monoisotopic (exact) mass is 1120 g/mol. The van der Waals surface area contributed by atoms with Gasteiger partial charge >= 0.3 is 36.4 Å². The van der Waals surface area contributed by atoms with E-state index in [1.54, 1.807) is 12.1 Å². The Hall–Kier alpha value is -7.32. The molecule has 3 saturated heterocycles. The third-order valence-corrected chi connectivity index (χ3v) is 13.8. The Labute approximate surface area is 451 Å². The molecule has 4 bridgehead atoms. The average molecular weight is 1130 g/mol. The van der Waals surface area contributed by atoms with Crippen LogP contribution in [0.25, 0.3) is 22.5 Å². The van der Waals surface area contributed by atoms with E-state index in [-0.39, 0.29) is 94.4 Å². The fraction of sp³-hybridized carbons (Fsp3) is 0.373. The first kappa shape index (κ1) is 54.1. The smallest absolute Gasteiger partial charge is 0.416 e. The Morgan fingerprint density at radius 1 is 0.654 bits per heavy atom. The molecule has 78 heavy (non-hydrogen) atoms. The number of nitrogens with one attached hydrogen (secondary N) is 2. The van der Waals surface area contributed by atoms with Gasteiger partial charge in [0.2, 0.25) is 0 Å². The van der Waals surface area contributed by atoms with E-state index in [0.717, 1.165) is 43.5 Å². The number of aliphatic hydroxyl groups excluding tert-OH is 1. The molecule has 0 aliphatic carbocycles. The van der Waals surface area contributed by atoms with E-state index in [9.17, 15) is 35.9 Å². The minimum atomic E-state index is -4.52. The molecular formula is C51H48Cl2F6N12O7. The molecule has 9 heterocycles. The van der Waals surface area contributed by atoms with E-state index in [1.165, 1.54) is 58.6 Å². The normalized spacial score (nSPS) is 18.4. The maximum atomic E-state index is 13.6. The molecule has 5 aliphatic rings. The number of hydrogen-bond donors (Lipinski definition) is 3. The number of nitrogens with zero attached hydrogens (tertiary/aromatic N) is 10. The number of fused-ring (bicyclic) bond motifs is 8. The van der Waals surface area contributed by atoms with E-state index >= 15 is 0 Å². The van der Waals surface area contributed by atoms with Gasteiger partial charge in [-0.25, -0.2) is 29.5 Å². The summed E-state index contributed by atoms with van der Waals surface area (Å²) in [5, 5.41) is 14.8. The molecule has 11 rings (SSSR count). The quantitative estimate of drug-likeness (QED) is 0.0770. The maximum absolute atomic E-state index is 13.6. The standard InChI is InChI=1S/C28H28ClF3N6O4.C23H20ClF3N6O3/c29-20-15-21-25(36-24(20)17-4-3-5-18(14-17)28(30,31)32)38(19-8-10-37(21)16-19)27(39)35-22-7-9-33-26(34-22)42-13-12-41-23-6-1-2-11-40-23;24-16-11-17-20(31-19(16)13-2-1-3-14(10-13)23(25,26)27)33(15-5-7-32(17)12-15)22(35)30-18-4-6-28-21(29-18)36-9-8-34/h3-5,7,9,14-15,19,23H,1-2,6,8,10-13,16H2,(H,33,34,35,39);1-4,6,10-11,15,34H,5,7-9,12H2,(H,28,29,30,35)/t19-,23?;15-/m00/s1. The van der Waals surface area contributed by atoms with Gasteiger partial charge in [-0.15, -0.1) is 0 Å². The molecule has 0 spiro atoms. The summed E-state index contributed by atoms with van der Waals surface area (Å²) < 4.78 is 102. The lowest BCUT2D eigenvalue weighted by Gasteiger charge is -2.36. The molecule has 4 aromatic heterocycles. The van der Waals surface area contributed by atoms with Crippen LogP contribution in [0.5, 0.6) is 12.0 Å². The van der Waals surface area contributed by atoms with Crippen molar-refractivity contribution >= 4 is 69.9 Å².